The van der Waals surface area contributed by atoms with Crippen LogP contribution in [-0.2, 0) is 4.74 Å². The fraction of sp³-hybridized carbons (Fsp3) is 0.0714. The Morgan fingerprint density at radius 3 is 2.37 bits per heavy atom. The first-order chi connectivity index (χ1) is 9.10. The molecule has 98 valence electrons. The number of aromatic hydroxyl groups is 1. The van der Waals surface area contributed by atoms with Gasteiger partial charge in [-0.1, -0.05) is 11.8 Å². The monoisotopic (exact) mass is 338 g/mol. The van der Waals surface area contributed by atoms with Gasteiger partial charge in [-0.05, 0) is 58.4 Å². The lowest BCUT2D eigenvalue weighted by Gasteiger charge is -2.04. The largest absolute Gasteiger partial charge is 0.507 e. The van der Waals surface area contributed by atoms with Crippen molar-refractivity contribution in [3.8, 4) is 5.75 Å². The van der Waals surface area contributed by atoms with E-state index in [0.29, 0.717) is 10.0 Å². The number of halogens is 1. The second kappa shape index (κ2) is 6.12. The molecule has 0 aromatic heterocycles. The van der Waals surface area contributed by atoms with Crippen LogP contribution >= 0.6 is 27.7 Å². The van der Waals surface area contributed by atoms with E-state index in [2.05, 4.69) is 20.7 Å². The number of phenols is 1. The number of benzene rings is 2. The summed E-state index contributed by atoms with van der Waals surface area (Å²) in [5, 5.41) is 9.43. The van der Waals surface area contributed by atoms with Crippen LogP contribution in [0.5, 0.6) is 5.75 Å². The highest BCUT2D eigenvalue weighted by Gasteiger charge is 2.06. The van der Waals surface area contributed by atoms with Crippen molar-refractivity contribution < 1.29 is 14.6 Å². The zero-order valence-electron chi connectivity index (χ0n) is 10.1. The van der Waals surface area contributed by atoms with E-state index in [-0.39, 0.29) is 11.7 Å². The Balaban J connectivity index is 2.15. The molecule has 0 spiro atoms. The quantitative estimate of drug-likeness (QED) is 0.856. The fourth-order valence-electron chi connectivity index (χ4n) is 1.46. The van der Waals surface area contributed by atoms with Crippen LogP contribution in [0.1, 0.15) is 10.4 Å². The standard InChI is InChI=1S/C14H11BrO3S/c1-18-14(17)9-2-4-10(5-3-9)19-11-6-7-13(16)12(15)8-11/h2-8,16H,1H3. The first-order valence-corrected chi connectivity index (χ1v) is 7.06. The second-order valence-electron chi connectivity index (χ2n) is 3.73. The van der Waals surface area contributed by atoms with E-state index in [0.717, 1.165) is 9.79 Å². The minimum atomic E-state index is -0.344. The normalized spacial score (nSPS) is 10.2. The van der Waals surface area contributed by atoms with Gasteiger partial charge in [0.2, 0.25) is 0 Å². The third kappa shape index (κ3) is 3.52. The van der Waals surface area contributed by atoms with E-state index < -0.39 is 0 Å². The van der Waals surface area contributed by atoms with Crippen molar-refractivity contribution in [2.75, 3.05) is 7.11 Å². The highest BCUT2D eigenvalue weighted by atomic mass is 79.9. The molecule has 0 aliphatic heterocycles. The molecule has 2 aromatic rings. The Morgan fingerprint density at radius 1 is 1.16 bits per heavy atom. The summed E-state index contributed by atoms with van der Waals surface area (Å²) in [5.41, 5.74) is 0.527. The highest BCUT2D eigenvalue weighted by Crippen LogP contribution is 2.33. The predicted octanol–water partition coefficient (Wildman–Crippen LogP) is 4.09. The molecule has 0 saturated heterocycles. The number of esters is 1. The maximum absolute atomic E-state index is 11.3. The number of rotatable bonds is 3. The van der Waals surface area contributed by atoms with Crippen molar-refractivity contribution in [1.29, 1.82) is 0 Å². The molecule has 5 heteroatoms. The van der Waals surface area contributed by atoms with Gasteiger partial charge < -0.3 is 9.84 Å². The molecule has 0 heterocycles. The van der Waals surface area contributed by atoms with E-state index in [1.807, 2.05) is 24.3 Å². The third-order valence-corrected chi connectivity index (χ3v) is 4.06. The Labute approximate surface area is 123 Å². The van der Waals surface area contributed by atoms with Crippen molar-refractivity contribution in [3.05, 3.63) is 52.5 Å². The van der Waals surface area contributed by atoms with Crippen LogP contribution in [0.15, 0.2) is 56.7 Å². The molecule has 0 amide bonds. The van der Waals surface area contributed by atoms with Crippen LogP contribution in [-0.4, -0.2) is 18.2 Å². The molecular formula is C14H11BrO3S. The molecule has 0 saturated carbocycles. The maximum Gasteiger partial charge on any atom is 0.337 e. The van der Waals surface area contributed by atoms with Crippen molar-refractivity contribution >= 4 is 33.7 Å². The Kier molecular flexibility index (Phi) is 4.50. The molecule has 2 aromatic carbocycles. The van der Waals surface area contributed by atoms with Gasteiger partial charge in [0.15, 0.2) is 0 Å². The van der Waals surface area contributed by atoms with Crippen LogP contribution < -0.4 is 0 Å². The van der Waals surface area contributed by atoms with E-state index in [9.17, 15) is 9.90 Å². The second-order valence-corrected chi connectivity index (χ2v) is 5.73. The third-order valence-electron chi connectivity index (χ3n) is 2.43. The zero-order valence-corrected chi connectivity index (χ0v) is 12.5. The van der Waals surface area contributed by atoms with Crippen LogP contribution in [0.4, 0.5) is 0 Å². The predicted molar refractivity (Wildman–Crippen MR) is 77.7 cm³/mol. The first kappa shape index (κ1) is 14.0. The highest BCUT2D eigenvalue weighted by molar-refractivity contribution is 9.10. The minimum absolute atomic E-state index is 0.213. The molecule has 1 N–H and O–H groups in total. The molecule has 0 aliphatic rings. The Bertz CT molecular complexity index is 596. The summed E-state index contributed by atoms with van der Waals surface area (Å²) >= 11 is 4.82. The Hall–Kier alpha value is -1.46. The van der Waals surface area contributed by atoms with Gasteiger partial charge >= 0.3 is 5.97 Å². The SMILES string of the molecule is COC(=O)c1ccc(Sc2ccc(O)c(Br)c2)cc1. The number of hydrogen-bond acceptors (Lipinski definition) is 4. The van der Waals surface area contributed by atoms with Crippen LogP contribution in [0.2, 0.25) is 0 Å². The average Bonchev–Trinajstić information content (AvgIpc) is 2.43. The van der Waals surface area contributed by atoms with Crippen molar-refractivity contribution in [2.45, 2.75) is 9.79 Å². The molecule has 3 nitrogen and oxygen atoms in total. The first-order valence-electron chi connectivity index (χ1n) is 5.45. The summed E-state index contributed by atoms with van der Waals surface area (Å²) in [6, 6.07) is 12.5. The van der Waals surface area contributed by atoms with Crippen molar-refractivity contribution in [3.63, 3.8) is 0 Å². The van der Waals surface area contributed by atoms with Crippen LogP contribution in [0.25, 0.3) is 0 Å². The topological polar surface area (TPSA) is 46.5 Å². The van der Waals surface area contributed by atoms with E-state index in [1.54, 1.807) is 30.0 Å². The van der Waals surface area contributed by atoms with Gasteiger partial charge in [-0.2, -0.15) is 0 Å². The molecule has 0 atom stereocenters. The lowest BCUT2D eigenvalue weighted by atomic mass is 10.2. The number of carbonyl (C=O) groups excluding carboxylic acids is 1. The van der Waals surface area contributed by atoms with E-state index in [4.69, 9.17) is 0 Å². The van der Waals surface area contributed by atoms with Gasteiger partial charge in [0.1, 0.15) is 5.75 Å². The summed E-state index contributed by atoms with van der Waals surface area (Å²) in [7, 11) is 1.36. The summed E-state index contributed by atoms with van der Waals surface area (Å²) in [6.07, 6.45) is 0. The number of ether oxygens (including phenoxy) is 1. The zero-order chi connectivity index (χ0) is 13.8. The molecule has 0 radical (unpaired) electrons. The molecule has 0 unspecified atom stereocenters. The summed E-state index contributed by atoms with van der Waals surface area (Å²) in [4.78, 5) is 13.3. The van der Waals surface area contributed by atoms with E-state index in [1.165, 1.54) is 7.11 Å². The number of hydrogen-bond donors (Lipinski definition) is 1. The lowest BCUT2D eigenvalue weighted by Crippen LogP contribution is -2.00. The number of carbonyl (C=O) groups is 1. The minimum Gasteiger partial charge on any atom is -0.507 e. The van der Waals surface area contributed by atoms with Gasteiger partial charge in [-0.15, -0.1) is 0 Å². The van der Waals surface area contributed by atoms with Gasteiger partial charge in [0.05, 0.1) is 17.1 Å². The summed E-state index contributed by atoms with van der Waals surface area (Å²) in [6.45, 7) is 0. The number of methoxy groups -OCH3 is 1. The summed E-state index contributed by atoms with van der Waals surface area (Å²) < 4.78 is 5.30. The maximum atomic E-state index is 11.3. The smallest absolute Gasteiger partial charge is 0.337 e. The Morgan fingerprint density at radius 2 is 1.79 bits per heavy atom. The molecule has 0 bridgehead atoms. The molecule has 19 heavy (non-hydrogen) atoms. The average molecular weight is 339 g/mol. The van der Waals surface area contributed by atoms with Crippen LogP contribution in [0, 0.1) is 0 Å². The van der Waals surface area contributed by atoms with Crippen LogP contribution in [0.3, 0.4) is 0 Å². The van der Waals surface area contributed by atoms with Crippen molar-refractivity contribution in [2.24, 2.45) is 0 Å². The van der Waals surface area contributed by atoms with Gasteiger partial charge in [-0.25, -0.2) is 4.79 Å². The molecular weight excluding hydrogens is 328 g/mol. The van der Waals surface area contributed by atoms with Gasteiger partial charge in [0, 0.05) is 9.79 Å². The lowest BCUT2D eigenvalue weighted by molar-refractivity contribution is 0.0600. The summed E-state index contributed by atoms with van der Waals surface area (Å²) in [5.74, 6) is -0.130. The fourth-order valence-corrected chi connectivity index (χ4v) is 2.85. The van der Waals surface area contributed by atoms with Gasteiger partial charge in [0.25, 0.3) is 0 Å². The van der Waals surface area contributed by atoms with Gasteiger partial charge in [-0.3, -0.25) is 0 Å². The molecule has 0 fully saturated rings. The number of phenolic OH excluding ortho intramolecular Hbond substituents is 1. The molecule has 2 rings (SSSR count). The van der Waals surface area contributed by atoms with Crippen molar-refractivity contribution in [1.82, 2.24) is 0 Å². The molecule has 0 aliphatic carbocycles. The van der Waals surface area contributed by atoms with E-state index >= 15 is 0 Å².